The van der Waals surface area contributed by atoms with Crippen LogP contribution in [0.25, 0.3) is 11.4 Å². The summed E-state index contributed by atoms with van der Waals surface area (Å²) >= 11 is 18.1. The molecule has 0 saturated carbocycles. The summed E-state index contributed by atoms with van der Waals surface area (Å²) in [6.07, 6.45) is 1.59. The van der Waals surface area contributed by atoms with Gasteiger partial charge in [-0.05, 0) is 31.0 Å². The SMILES string of the molecule is CCC(N)(CC)CNc1nc(-c2ccc(OC)c(OC)c2)nc(C(Cl)(Cl)Cl)n1. The van der Waals surface area contributed by atoms with E-state index in [1.165, 1.54) is 0 Å². The maximum Gasteiger partial charge on any atom is 0.250 e. The van der Waals surface area contributed by atoms with E-state index < -0.39 is 9.33 Å². The molecule has 0 amide bonds. The summed E-state index contributed by atoms with van der Waals surface area (Å²) in [5.41, 5.74) is 6.61. The number of ether oxygens (including phenoxy) is 2. The molecule has 0 spiro atoms. The van der Waals surface area contributed by atoms with E-state index in [4.69, 9.17) is 50.0 Å². The van der Waals surface area contributed by atoms with Gasteiger partial charge in [0.2, 0.25) is 9.74 Å². The smallest absolute Gasteiger partial charge is 0.250 e. The number of alkyl halides is 3. The summed E-state index contributed by atoms with van der Waals surface area (Å²) in [5.74, 6) is 1.73. The largest absolute Gasteiger partial charge is 0.493 e. The highest BCUT2D eigenvalue weighted by molar-refractivity contribution is 6.66. The van der Waals surface area contributed by atoms with Crippen LogP contribution in [0.4, 0.5) is 5.95 Å². The predicted molar refractivity (Wildman–Crippen MR) is 114 cm³/mol. The Balaban J connectivity index is 2.47. The maximum atomic E-state index is 6.34. The summed E-state index contributed by atoms with van der Waals surface area (Å²) in [6, 6.07) is 5.28. The van der Waals surface area contributed by atoms with Gasteiger partial charge < -0.3 is 20.5 Å². The van der Waals surface area contributed by atoms with Crippen LogP contribution in [0.3, 0.4) is 0 Å². The Morgan fingerprint density at radius 3 is 2.18 bits per heavy atom. The minimum absolute atomic E-state index is 0.00963. The minimum atomic E-state index is -1.81. The van der Waals surface area contributed by atoms with E-state index in [2.05, 4.69) is 20.3 Å². The molecule has 2 aromatic rings. The Kier molecular flexibility index (Phi) is 7.56. The third kappa shape index (κ3) is 5.50. The number of nitrogens with one attached hydrogen (secondary N) is 1. The second-order valence-electron chi connectivity index (χ2n) is 6.30. The van der Waals surface area contributed by atoms with Gasteiger partial charge in [-0.25, -0.2) is 4.98 Å². The molecule has 0 unspecified atom stereocenters. The first-order chi connectivity index (χ1) is 13.2. The zero-order chi connectivity index (χ0) is 20.9. The Labute approximate surface area is 179 Å². The van der Waals surface area contributed by atoms with Crippen molar-refractivity contribution in [3.8, 4) is 22.9 Å². The van der Waals surface area contributed by atoms with Crippen LogP contribution in [0.5, 0.6) is 11.5 Å². The molecule has 0 bridgehead atoms. The first kappa shape index (κ1) is 22.7. The molecule has 0 atom stereocenters. The van der Waals surface area contributed by atoms with Gasteiger partial charge in [0.1, 0.15) is 0 Å². The van der Waals surface area contributed by atoms with Crippen LogP contribution in [-0.4, -0.2) is 41.3 Å². The average molecular weight is 449 g/mol. The maximum absolute atomic E-state index is 6.34. The van der Waals surface area contributed by atoms with Gasteiger partial charge in [-0.15, -0.1) is 0 Å². The topological polar surface area (TPSA) is 95.2 Å². The van der Waals surface area contributed by atoms with Crippen LogP contribution in [-0.2, 0) is 3.79 Å². The number of benzene rings is 1. The van der Waals surface area contributed by atoms with E-state index in [0.717, 1.165) is 12.8 Å². The predicted octanol–water partition coefficient (Wildman–Crippen LogP) is 4.31. The number of rotatable bonds is 8. The third-order valence-electron chi connectivity index (χ3n) is 4.54. The number of anilines is 1. The molecular weight excluding hydrogens is 425 g/mol. The molecule has 0 saturated heterocycles. The molecule has 0 radical (unpaired) electrons. The van der Waals surface area contributed by atoms with Crippen molar-refractivity contribution in [2.45, 2.75) is 36.0 Å². The molecule has 1 aromatic carbocycles. The van der Waals surface area contributed by atoms with Crippen molar-refractivity contribution in [3.05, 3.63) is 24.0 Å². The Morgan fingerprint density at radius 1 is 1.00 bits per heavy atom. The monoisotopic (exact) mass is 447 g/mol. The summed E-state index contributed by atoms with van der Waals surface area (Å²) in [7, 11) is 3.11. The number of nitrogens with two attached hydrogens (primary N) is 1. The fourth-order valence-electron chi connectivity index (χ4n) is 2.44. The molecule has 7 nitrogen and oxygen atoms in total. The molecule has 0 aliphatic carbocycles. The fourth-order valence-corrected chi connectivity index (χ4v) is 2.69. The lowest BCUT2D eigenvalue weighted by atomic mass is 9.94. The lowest BCUT2D eigenvalue weighted by molar-refractivity contribution is 0.355. The average Bonchev–Trinajstić information content (AvgIpc) is 2.70. The fraction of sp³-hybridized carbons (Fsp3) is 0.500. The summed E-state index contributed by atoms with van der Waals surface area (Å²) in [5, 5.41) is 3.14. The number of aromatic nitrogens is 3. The number of halogens is 3. The van der Waals surface area contributed by atoms with Gasteiger partial charge in [0, 0.05) is 17.6 Å². The molecular formula is C18H24Cl3N5O2. The van der Waals surface area contributed by atoms with Crippen molar-refractivity contribution in [2.75, 3.05) is 26.1 Å². The summed E-state index contributed by atoms with van der Waals surface area (Å²) in [6.45, 7) is 4.52. The van der Waals surface area contributed by atoms with E-state index >= 15 is 0 Å². The third-order valence-corrected chi connectivity index (χ3v) is 5.04. The van der Waals surface area contributed by atoms with Gasteiger partial charge in [-0.3, -0.25) is 0 Å². The van der Waals surface area contributed by atoms with Crippen molar-refractivity contribution in [1.29, 1.82) is 0 Å². The van der Waals surface area contributed by atoms with E-state index in [0.29, 0.717) is 29.4 Å². The highest BCUT2D eigenvalue weighted by Gasteiger charge is 2.29. The van der Waals surface area contributed by atoms with Gasteiger partial charge >= 0.3 is 0 Å². The Morgan fingerprint density at radius 2 is 1.64 bits per heavy atom. The Hall–Kier alpha value is -1.54. The zero-order valence-corrected chi connectivity index (χ0v) is 18.5. The highest BCUT2D eigenvalue weighted by Crippen LogP contribution is 2.37. The number of hydrogen-bond acceptors (Lipinski definition) is 7. The highest BCUT2D eigenvalue weighted by atomic mass is 35.6. The normalized spacial score (nSPS) is 12.0. The van der Waals surface area contributed by atoms with Gasteiger partial charge in [0.25, 0.3) is 0 Å². The van der Waals surface area contributed by atoms with E-state index in [9.17, 15) is 0 Å². The molecule has 28 heavy (non-hydrogen) atoms. The lowest BCUT2D eigenvalue weighted by Gasteiger charge is -2.27. The molecule has 3 N–H and O–H groups in total. The van der Waals surface area contributed by atoms with E-state index in [-0.39, 0.29) is 11.8 Å². The molecule has 0 aliphatic rings. The van der Waals surface area contributed by atoms with Crippen molar-refractivity contribution >= 4 is 40.8 Å². The van der Waals surface area contributed by atoms with Crippen LogP contribution < -0.4 is 20.5 Å². The summed E-state index contributed by atoms with van der Waals surface area (Å²) < 4.78 is 8.80. The van der Waals surface area contributed by atoms with Crippen LogP contribution in [0.15, 0.2) is 18.2 Å². The van der Waals surface area contributed by atoms with Crippen LogP contribution in [0, 0.1) is 0 Å². The quantitative estimate of drug-likeness (QED) is 0.581. The first-order valence-corrected chi connectivity index (χ1v) is 9.87. The molecule has 0 fully saturated rings. The standard InChI is InChI=1S/C18H24Cl3N5O2/c1-5-17(22,6-2)10-23-16-25-14(24-15(26-16)18(19,20)21)11-7-8-12(27-3)13(9-11)28-4/h7-9H,5-6,10,22H2,1-4H3,(H,23,24,25,26). The lowest BCUT2D eigenvalue weighted by Crippen LogP contribution is -2.45. The van der Waals surface area contributed by atoms with Crippen LogP contribution >= 0.6 is 34.8 Å². The van der Waals surface area contributed by atoms with Crippen LogP contribution in [0.1, 0.15) is 32.5 Å². The van der Waals surface area contributed by atoms with Crippen molar-refractivity contribution in [1.82, 2.24) is 15.0 Å². The Bertz CT molecular complexity index is 810. The first-order valence-electron chi connectivity index (χ1n) is 8.74. The van der Waals surface area contributed by atoms with E-state index in [1.807, 2.05) is 13.8 Å². The molecule has 1 aromatic heterocycles. The number of nitrogens with zero attached hydrogens (tertiary/aromatic N) is 3. The van der Waals surface area contributed by atoms with Gasteiger partial charge in [0.15, 0.2) is 23.1 Å². The number of hydrogen-bond donors (Lipinski definition) is 2. The zero-order valence-electron chi connectivity index (χ0n) is 16.2. The summed E-state index contributed by atoms with van der Waals surface area (Å²) in [4.78, 5) is 13.0. The second-order valence-corrected chi connectivity index (χ2v) is 8.58. The molecule has 154 valence electrons. The van der Waals surface area contributed by atoms with Crippen molar-refractivity contribution in [2.24, 2.45) is 5.73 Å². The van der Waals surface area contributed by atoms with Crippen molar-refractivity contribution < 1.29 is 9.47 Å². The molecule has 0 aliphatic heterocycles. The second kappa shape index (κ2) is 9.31. The minimum Gasteiger partial charge on any atom is -0.493 e. The van der Waals surface area contributed by atoms with Crippen molar-refractivity contribution in [3.63, 3.8) is 0 Å². The van der Waals surface area contributed by atoms with Crippen LogP contribution in [0.2, 0.25) is 0 Å². The molecule has 2 rings (SSSR count). The number of methoxy groups -OCH3 is 2. The van der Waals surface area contributed by atoms with E-state index in [1.54, 1.807) is 32.4 Å². The van der Waals surface area contributed by atoms with Gasteiger partial charge in [-0.2, -0.15) is 9.97 Å². The van der Waals surface area contributed by atoms with Gasteiger partial charge in [-0.1, -0.05) is 48.7 Å². The molecule has 10 heteroatoms. The van der Waals surface area contributed by atoms with Gasteiger partial charge in [0.05, 0.1) is 14.2 Å². The molecule has 1 heterocycles.